The van der Waals surface area contributed by atoms with Gasteiger partial charge in [0.1, 0.15) is 5.75 Å². The fourth-order valence-corrected chi connectivity index (χ4v) is 2.72. The van der Waals surface area contributed by atoms with Crippen molar-refractivity contribution in [3.8, 4) is 5.75 Å². The second kappa shape index (κ2) is 8.22. The van der Waals surface area contributed by atoms with Crippen molar-refractivity contribution in [2.75, 3.05) is 5.43 Å². The van der Waals surface area contributed by atoms with Crippen LogP contribution in [-0.4, -0.2) is 27.8 Å². The number of rotatable bonds is 5. The Morgan fingerprint density at radius 2 is 1.68 bits per heavy atom. The Morgan fingerprint density at radius 1 is 0.964 bits per heavy atom. The van der Waals surface area contributed by atoms with Crippen LogP contribution < -0.4 is 10.9 Å². The van der Waals surface area contributed by atoms with Gasteiger partial charge in [-0.3, -0.25) is 19.7 Å². The van der Waals surface area contributed by atoms with E-state index in [-0.39, 0.29) is 11.7 Å². The normalized spacial score (nSPS) is 10.8. The van der Waals surface area contributed by atoms with Crippen LogP contribution in [0.1, 0.15) is 37.7 Å². The number of nitrogens with zero attached hydrogens (tertiary/aromatic N) is 2. The Labute approximate surface area is 162 Å². The van der Waals surface area contributed by atoms with Crippen LogP contribution in [0, 0.1) is 13.8 Å². The number of phenols is 1. The van der Waals surface area contributed by atoms with Gasteiger partial charge in [0.2, 0.25) is 0 Å². The zero-order chi connectivity index (χ0) is 20.1. The summed E-state index contributed by atoms with van der Waals surface area (Å²) in [6, 6.07) is 16.8. The molecule has 0 unspecified atom stereocenters. The highest BCUT2D eigenvalue weighted by Gasteiger charge is 2.12. The summed E-state index contributed by atoms with van der Waals surface area (Å²) in [7, 11) is 0. The molecule has 142 valence electrons. The Hall–Kier alpha value is -3.87. The van der Waals surface area contributed by atoms with E-state index < -0.39 is 5.91 Å². The van der Waals surface area contributed by atoms with Crippen LogP contribution in [-0.2, 0) is 0 Å². The van der Waals surface area contributed by atoms with E-state index in [0.717, 1.165) is 17.0 Å². The summed E-state index contributed by atoms with van der Waals surface area (Å²) in [5, 5.41) is 13.4. The molecule has 3 aromatic rings. The van der Waals surface area contributed by atoms with Crippen LogP contribution in [0.25, 0.3) is 0 Å². The van der Waals surface area contributed by atoms with Gasteiger partial charge in [-0.15, -0.1) is 0 Å². The van der Waals surface area contributed by atoms with Gasteiger partial charge < -0.3 is 5.11 Å². The molecule has 0 spiro atoms. The number of carbonyl (C=O) groups is 2. The molecular weight excluding hydrogens is 356 g/mol. The number of hydrogen-bond donors (Lipinski definition) is 3. The second-order valence-corrected chi connectivity index (χ2v) is 6.22. The van der Waals surface area contributed by atoms with Gasteiger partial charge in [0.15, 0.2) is 0 Å². The number of nitrogens with one attached hydrogen (secondary N) is 2. The van der Waals surface area contributed by atoms with E-state index in [1.165, 1.54) is 18.3 Å². The molecule has 0 saturated carbocycles. The topological polar surface area (TPSA) is 95.7 Å². The maximum Gasteiger partial charge on any atom is 0.271 e. The van der Waals surface area contributed by atoms with E-state index in [4.69, 9.17) is 0 Å². The van der Waals surface area contributed by atoms with Gasteiger partial charge in [-0.2, -0.15) is 5.10 Å². The molecule has 0 saturated heterocycles. The molecule has 0 atom stereocenters. The van der Waals surface area contributed by atoms with Gasteiger partial charge in [0.05, 0.1) is 6.21 Å². The van der Waals surface area contributed by atoms with Crippen LogP contribution in [0.4, 0.5) is 0 Å². The van der Waals surface area contributed by atoms with Gasteiger partial charge in [-0.05, 0) is 50.2 Å². The largest absolute Gasteiger partial charge is 0.508 e. The molecule has 0 aliphatic rings. The van der Waals surface area contributed by atoms with Crippen LogP contribution >= 0.6 is 0 Å². The molecule has 1 aromatic heterocycles. The molecule has 0 bridgehead atoms. The SMILES string of the molecule is Cc1cc(/C=N/NC(=O)c2cccc(O)c2)c(C)n1NC(=O)c1ccccc1. The molecule has 0 radical (unpaired) electrons. The van der Waals surface area contributed by atoms with E-state index in [1.54, 1.807) is 41.1 Å². The van der Waals surface area contributed by atoms with Crippen LogP contribution in [0.2, 0.25) is 0 Å². The smallest absolute Gasteiger partial charge is 0.271 e. The quantitative estimate of drug-likeness (QED) is 0.472. The number of amides is 2. The molecule has 3 rings (SSSR count). The molecule has 3 N–H and O–H groups in total. The minimum absolute atomic E-state index is 0.00864. The van der Waals surface area contributed by atoms with Crippen LogP contribution in [0.15, 0.2) is 65.8 Å². The Morgan fingerprint density at radius 3 is 2.39 bits per heavy atom. The minimum Gasteiger partial charge on any atom is -0.508 e. The van der Waals surface area contributed by atoms with Crippen molar-refractivity contribution in [3.63, 3.8) is 0 Å². The number of benzene rings is 2. The summed E-state index contributed by atoms with van der Waals surface area (Å²) in [4.78, 5) is 24.4. The predicted molar refractivity (Wildman–Crippen MR) is 107 cm³/mol. The van der Waals surface area contributed by atoms with Gasteiger partial charge in [0.25, 0.3) is 11.8 Å². The first-order chi connectivity index (χ1) is 13.5. The number of aromatic hydroxyl groups is 1. The lowest BCUT2D eigenvalue weighted by atomic mass is 10.2. The fourth-order valence-electron chi connectivity index (χ4n) is 2.72. The molecule has 7 nitrogen and oxygen atoms in total. The average Bonchev–Trinajstić information content (AvgIpc) is 2.96. The highest BCUT2D eigenvalue weighted by atomic mass is 16.3. The zero-order valence-corrected chi connectivity index (χ0v) is 15.5. The van der Waals surface area contributed by atoms with Crippen molar-refractivity contribution >= 4 is 18.0 Å². The number of aryl methyl sites for hydroxylation is 1. The third-order valence-electron chi connectivity index (χ3n) is 4.20. The van der Waals surface area contributed by atoms with Crippen molar-refractivity contribution in [1.82, 2.24) is 10.1 Å². The summed E-state index contributed by atoms with van der Waals surface area (Å²) in [6.45, 7) is 3.71. The third-order valence-corrected chi connectivity index (χ3v) is 4.20. The summed E-state index contributed by atoms with van der Waals surface area (Å²) in [6.07, 6.45) is 1.51. The van der Waals surface area contributed by atoms with Gasteiger partial charge in [-0.1, -0.05) is 24.3 Å². The predicted octanol–water partition coefficient (Wildman–Crippen LogP) is 2.96. The number of carbonyl (C=O) groups excluding carboxylic acids is 2. The van der Waals surface area contributed by atoms with E-state index >= 15 is 0 Å². The fraction of sp³-hybridized carbons (Fsp3) is 0.0952. The second-order valence-electron chi connectivity index (χ2n) is 6.22. The molecule has 2 aromatic carbocycles. The highest BCUT2D eigenvalue weighted by Crippen LogP contribution is 2.13. The minimum atomic E-state index is -0.432. The monoisotopic (exact) mass is 376 g/mol. The van der Waals surface area contributed by atoms with Crippen molar-refractivity contribution in [2.24, 2.45) is 5.10 Å². The van der Waals surface area contributed by atoms with Gasteiger partial charge in [0, 0.05) is 28.1 Å². The van der Waals surface area contributed by atoms with Crippen molar-refractivity contribution in [2.45, 2.75) is 13.8 Å². The zero-order valence-electron chi connectivity index (χ0n) is 15.5. The molecular formula is C21H20N4O3. The van der Waals surface area contributed by atoms with E-state index in [2.05, 4.69) is 16.0 Å². The van der Waals surface area contributed by atoms with Gasteiger partial charge >= 0.3 is 0 Å². The first kappa shape index (κ1) is 18.9. The number of hydrazone groups is 1. The summed E-state index contributed by atoms with van der Waals surface area (Å²) >= 11 is 0. The summed E-state index contributed by atoms with van der Waals surface area (Å²) < 4.78 is 1.67. The maximum absolute atomic E-state index is 12.4. The Kier molecular flexibility index (Phi) is 5.55. The first-order valence-corrected chi connectivity index (χ1v) is 8.63. The third kappa shape index (κ3) is 4.27. The molecule has 2 amide bonds. The van der Waals surface area contributed by atoms with Crippen molar-refractivity contribution < 1.29 is 14.7 Å². The lowest BCUT2D eigenvalue weighted by molar-refractivity contribution is 0.0953. The van der Waals surface area contributed by atoms with E-state index in [0.29, 0.717) is 11.1 Å². The van der Waals surface area contributed by atoms with E-state index in [9.17, 15) is 14.7 Å². The first-order valence-electron chi connectivity index (χ1n) is 8.63. The molecule has 0 fully saturated rings. The standard InChI is InChI=1S/C21H20N4O3/c1-14-11-18(13-22-23-20(27)17-9-6-10-19(26)12-17)15(2)25(14)24-21(28)16-7-4-3-5-8-16/h3-13,26H,1-2H3,(H,23,27)(H,24,28)/b22-13+. The van der Waals surface area contributed by atoms with E-state index in [1.807, 2.05) is 26.0 Å². The summed E-state index contributed by atoms with van der Waals surface area (Å²) in [5.74, 6) is -0.643. The lowest BCUT2D eigenvalue weighted by Gasteiger charge is -2.11. The molecule has 1 heterocycles. The van der Waals surface area contributed by atoms with Crippen molar-refractivity contribution in [3.05, 3.63) is 88.7 Å². The number of phenolic OH excluding ortho intramolecular Hbond substituents is 1. The Bertz CT molecular complexity index is 1040. The van der Waals surface area contributed by atoms with Crippen LogP contribution in [0.3, 0.4) is 0 Å². The maximum atomic E-state index is 12.4. The van der Waals surface area contributed by atoms with Gasteiger partial charge in [-0.25, -0.2) is 5.43 Å². The van der Waals surface area contributed by atoms with Crippen molar-refractivity contribution in [1.29, 1.82) is 0 Å². The molecule has 0 aliphatic heterocycles. The lowest BCUT2D eigenvalue weighted by Crippen LogP contribution is -2.24. The number of aromatic nitrogens is 1. The summed E-state index contributed by atoms with van der Waals surface area (Å²) in [5.41, 5.74) is 8.48. The van der Waals surface area contributed by atoms with Crippen LogP contribution in [0.5, 0.6) is 5.75 Å². The number of hydrogen-bond acceptors (Lipinski definition) is 4. The molecule has 28 heavy (non-hydrogen) atoms. The molecule has 0 aliphatic carbocycles. The highest BCUT2D eigenvalue weighted by molar-refractivity contribution is 6.00. The Balaban J connectivity index is 1.70. The molecule has 7 heteroatoms. The average molecular weight is 376 g/mol.